The number of nitrogens with one attached hydrogen (secondary N) is 2. The van der Waals surface area contributed by atoms with Crippen LogP contribution in [0.2, 0.25) is 0 Å². The Morgan fingerprint density at radius 1 is 1.71 bits per heavy atom. The van der Waals surface area contributed by atoms with Crippen molar-refractivity contribution < 1.29 is 0 Å². The van der Waals surface area contributed by atoms with E-state index in [1.54, 1.807) is 0 Å². The standard InChI is InChI=1S/C5H9N2/c1-5-2-3-6-4-7-5/h2-3,5-7H,1,4H2. The van der Waals surface area contributed by atoms with Crippen LogP contribution in [0.3, 0.4) is 0 Å². The topological polar surface area (TPSA) is 24.1 Å². The van der Waals surface area contributed by atoms with Gasteiger partial charge in [-0.3, -0.25) is 5.32 Å². The number of rotatable bonds is 0. The quantitative estimate of drug-likeness (QED) is 0.439. The molecule has 1 aliphatic heterocycles. The number of hydrogen-bond donors (Lipinski definition) is 2. The summed E-state index contributed by atoms with van der Waals surface area (Å²) in [5, 5.41) is 6.06. The van der Waals surface area contributed by atoms with Gasteiger partial charge >= 0.3 is 0 Å². The molecule has 2 heteroatoms. The Morgan fingerprint density at radius 3 is 2.86 bits per heavy atom. The highest BCUT2D eigenvalue weighted by Crippen LogP contribution is 1.83. The Morgan fingerprint density at radius 2 is 2.57 bits per heavy atom. The van der Waals surface area contributed by atoms with Gasteiger partial charge in [0.15, 0.2) is 0 Å². The van der Waals surface area contributed by atoms with Crippen molar-refractivity contribution in [3.63, 3.8) is 0 Å². The lowest BCUT2D eigenvalue weighted by molar-refractivity contribution is 0.604. The van der Waals surface area contributed by atoms with Gasteiger partial charge in [0.25, 0.3) is 0 Å². The van der Waals surface area contributed by atoms with Crippen LogP contribution in [0.25, 0.3) is 0 Å². The van der Waals surface area contributed by atoms with E-state index in [0.29, 0.717) is 6.04 Å². The van der Waals surface area contributed by atoms with Gasteiger partial charge in [0.05, 0.1) is 6.67 Å². The van der Waals surface area contributed by atoms with E-state index in [-0.39, 0.29) is 0 Å². The van der Waals surface area contributed by atoms with Gasteiger partial charge < -0.3 is 5.32 Å². The molecule has 0 amide bonds. The molecule has 1 radical (unpaired) electrons. The van der Waals surface area contributed by atoms with Gasteiger partial charge in [-0.15, -0.1) is 0 Å². The molecular formula is C5H9N2. The average Bonchev–Trinajstić information content (AvgIpc) is 1.69. The van der Waals surface area contributed by atoms with Crippen LogP contribution < -0.4 is 10.6 Å². The van der Waals surface area contributed by atoms with E-state index >= 15 is 0 Å². The van der Waals surface area contributed by atoms with Crippen LogP contribution in [0.15, 0.2) is 12.3 Å². The minimum Gasteiger partial charge on any atom is -0.379 e. The molecule has 0 bridgehead atoms. The van der Waals surface area contributed by atoms with Crippen LogP contribution in [0.1, 0.15) is 0 Å². The molecule has 2 nitrogen and oxygen atoms in total. The maximum atomic E-state index is 3.76. The molecule has 0 saturated heterocycles. The maximum absolute atomic E-state index is 3.76. The molecule has 1 aliphatic rings. The molecule has 0 saturated carbocycles. The second-order valence-corrected chi connectivity index (χ2v) is 1.55. The van der Waals surface area contributed by atoms with Gasteiger partial charge in [-0.1, -0.05) is 6.08 Å². The van der Waals surface area contributed by atoms with E-state index in [1.807, 2.05) is 12.3 Å². The van der Waals surface area contributed by atoms with E-state index in [2.05, 4.69) is 17.6 Å². The minimum atomic E-state index is 0.293. The zero-order valence-corrected chi connectivity index (χ0v) is 4.15. The van der Waals surface area contributed by atoms with Crippen molar-refractivity contribution in [3.8, 4) is 0 Å². The Balaban J connectivity index is 2.36. The second-order valence-electron chi connectivity index (χ2n) is 1.55. The van der Waals surface area contributed by atoms with Crippen molar-refractivity contribution in [2.75, 3.05) is 6.67 Å². The van der Waals surface area contributed by atoms with Gasteiger partial charge in [0.2, 0.25) is 0 Å². The molecule has 0 spiro atoms. The summed E-state index contributed by atoms with van der Waals surface area (Å²) in [6, 6.07) is 0.293. The zero-order valence-electron chi connectivity index (χ0n) is 4.15. The lowest BCUT2D eigenvalue weighted by Crippen LogP contribution is -2.36. The predicted octanol–water partition coefficient (Wildman–Crippen LogP) is -0.147. The van der Waals surface area contributed by atoms with Crippen LogP contribution in [0.4, 0.5) is 0 Å². The molecule has 2 N–H and O–H groups in total. The smallest absolute Gasteiger partial charge is 0.0652 e. The molecule has 39 valence electrons. The second kappa shape index (κ2) is 1.98. The van der Waals surface area contributed by atoms with Gasteiger partial charge in [-0.05, 0) is 13.1 Å². The summed E-state index contributed by atoms with van der Waals surface area (Å²) in [5.41, 5.74) is 0. The molecule has 1 atom stereocenters. The van der Waals surface area contributed by atoms with E-state index in [4.69, 9.17) is 0 Å². The first kappa shape index (κ1) is 4.65. The van der Waals surface area contributed by atoms with Gasteiger partial charge in [-0.25, -0.2) is 0 Å². The molecule has 7 heavy (non-hydrogen) atoms. The molecule has 0 aliphatic carbocycles. The fraction of sp³-hybridized carbons (Fsp3) is 0.400. The lowest BCUT2D eigenvalue weighted by atomic mass is 10.3. The van der Waals surface area contributed by atoms with E-state index in [0.717, 1.165) is 6.67 Å². The highest BCUT2D eigenvalue weighted by Gasteiger charge is 1.95. The third kappa shape index (κ3) is 1.20. The van der Waals surface area contributed by atoms with Crippen molar-refractivity contribution in [3.05, 3.63) is 19.2 Å². The zero-order chi connectivity index (χ0) is 5.11. The van der Waals surface area contributed by atoms with Gasteiger partial charge in [0.1, 0.15) is 0 Å². The summed E-state index contributed by atoms with van der Waals surface area (Å²) in [4.78, 5) is 0. The van der Waals surface area contributed by atoms with Gasteiger partial charge in [0, 0.05) is 6.04 Å². The summed E-state index contributed by atoms with van der Waals surface area (Å²) in [6.07, 6.45) is 3.89. The molecule has 1 heterocycles. The Bertz CT molecular complexity index is 78.1. The summed E-state index contributed by atoms with van der Waals surface area (Å²) < 4.78 is 0. The SMILES string of the molecule is [CH2]C1C=CNCN1. The first-order valence-electron chi connectivity index (χ1n) is 2.36. The van der Waals surface area contributed by atoms with Crippen LogP contribution >= 0.6 is 0 Å². The van der Waals surface area contributed by atoms with Gasteiger partial charge in [-0.2, -0.15) is 0 Å². The third-order valence-corrected chi connectivity index (χ3v) is 0.913. The van der Waals surface area contributed by atoms with Crippen molar-refractivity contribution >= 4 is 0 Å². The highest BCUT2D eigenvalue weighted by atomic mass is 15.1. The fourth-order valence-electron chi connectivity index (χ4n) is 0.501. The summed E-state index contributed by atoms with van der Waals surface area (Å²) in [6.45, 7) is 4.60. The van der Waals surface area contributed by atoms with E-state index in [1.165, 1.54) is 0 Å². The van der Waals surface area contributed by atoms with Crippen LogP contribution in [0, 0.1) is 6.92 Å². The van der Waals surface area contributed by atoms with Crippen molar-refractivity contribution in [2.45, 2.75) is 6.04 Å². The fourth-order valence-corrected chi connectivity index (χ4v) is 0.501. The molecule has 0 aromatic carbocycles. The lowest BCUT2D eigenvalue weighted by Gasteiger charge is -2.13. The van der Waals surface area contributed by atoms with Crippen molar-refractivity contribution in [1.29, 1.82) is 0 Å². The van der Waals surface area contributed by atoms with Crippen LogP contribution in [-0.2, 0) is 0 Å². The summed E-state index contributed by atoms with van der Waals surface area (Å²) in [7, 11) is 0. The van der Waals surface area contributed by atoms with E-state index in [9.17, 15) is 0 Å². The molecule has 0 aromatic heterocycles. The summed E-state index contributed by atoms with van der Waals surface area (Å²) >= 11 is 0. The Kier molecular flexibility index (Phi) is 1.32. The van der Waals surface area contributed by atoms with Crippen LogP contribution in [0.5, 0.6) is 0 Å². The largest absolute Gasteiger partial charge is 0.379 e. The Labute approximate surface area is 43.6 Å². The first-order valence-corrected chi connectivity index (χ1v) is 2.36. The molecule has 1 rings (SSSR count). The molecular weight excluding hydrogens is 88.1 g/mol. The molecule has 0 aromatic rings. The van der Waals surface area contributed by atoms with Crippen molar-refractivity contribution in [2.24, 2.45) is 0 Å². The summed E-state index contributed by atoms with van der Waals surface area (Å²) in [5.74, 6) is 0. The third-order valence-electron chi connectivity index (χ3n) is 0.913. The first-order chi connectivity index (χ1) is 3.39. The average molecular weight is 97.1 g/mol. The minimum absolute atomic E-state index is 0.293. The highest BCUT2D eigenvalue weighted by molar-refractivity contribution is 4.96. The molecule has 1 unspecified atom stereocenters. The maximum Gasteiger partial charge on any atom is 0.0652 e. The normalized spacial score (nSPS) is 29.6. The van der Waals surface area contributed by atoms with Crippen molar-refractivity contribution in [1.82, 2.24) is 10.6 Å². The monoisotopic (exact) mass is 97.1 g/mol. The van der Waals surface area contributed by atoms with Crippen LogP contribution in [-0.4, -0.2) is 12.7 Å². The molecule has 0 fully saturated rings. The Hall–Kier alpha value is -0.500. The number of hydrogen-bond acceptors (Lipinski definition) is 2. The predicted molar refractivity (Wildman–Crippen MR) is 29.4 cm³/mol. The van der Waals surface area contributed by atoms with E-state index < -0.39 is 0 Å².